The summed E-state index contributed by atoms with van der Waals surface area (Å²) < 4.78 is 5.12. The van der Waals surface area contributed by atoms with Crippen molar-refractivity contribution in [2.45, 2.75) is 25.8 Å². The molecule has 0 saturated carbocycles. The molecule has 1 aliphatic heterocycles. The van der Waals surface area contributed by atoms with Gasteiger partial charge in [0.1, 0.15) is 11.8 Å². The van der Waals surface area contributed by atoms with E-state index < -0.39 is 12.1 Å². The van der Waals surface area contributed by atoms with E-state index in [1.807, 2.05) is 31.2 Å². The first-order chi connectivity index (χ1) is 14.0. The van der Waals surface area contributed by atoms with Gasteiger partial charge in [0.05, 0.1) is 12.8 Å². The summed E-state index contributed by atoms with van der Waals surface area (Å²) in [5.74, 6) is 0.494. The minimum absolute atomic E-state index is 0.293. The average molecular weight is 396 g/mol. The van der Waals surface area contributed by atoms with Crippen molar-refractivity contribution in [2.75, 3.05) is 23.9 Å². The monoisotopic (exact) mass is 396 g/mol. The Morgan fingerprint density at radius 2 is 1.93 bits per heavy atom. The third-order valence-corrected chi connectivity index (χ3v) is 4.65. The van der Waals surface area contributed by atoms with E-state index in [9.17, 15) is 14.4 Å². The van der Waals surface area contributed by atoms with Gasteiger partial charge in [0, 0.05) is 12.2 Å². The summed E-state index contributed by atoms with van der Waals surface area (Å²) >= 11 is 0. The second-order valence-corrected chi connectivity index (χ2v) is 6.61. The molecule has 8 heteroatoms. The molecule has 0 aliphatic carbocycles. The predicted molar refractivity (Wildman–Crippen MR) is 110 cm³/mol. The van der Waals surface area contributed by atoms with Crippen LogP contribution in [0.15, 0.2) is 48.5 Å². The van der Waals surface area contributed by atoms with Crippen LogP contribution in [-0.4, -0.2) is 37.7 Å². The fourth-order valence-electron chi connectivity index (χ4n) is 3.06. The number of imide groups is 1. The number of rotatable bonds is 7. The fraction of sp³-hybridized carbons (Fsp3) is 0.286. The van der Waals surface area contributed by atoms with Gasteiger partial charge in [-0.2, -0.15) is 0 Å². The van der Waals surface area contributed by atoms with Crippen LogP contribution >= 0.6 is 0 Å². The third-order valence-electron chi connectivity index (χ3n) is 4.65. The Bertz CT molecular complexity index is 898. The van der Waals surface area contributed by atoms with E-state index >= 15 is 0 Å². The molecule has 0 spiro atoms. The van der Waals surface area contributed by atoms with Gasteiger partial charge in [0.25, 0.3) is 5.91 Å². The number of amides is 5. The number of nitrogens with one attached hydrogen (secondary N) is 3. The lowest BCUT2D eigenvalue weighted by atomic mass is 10.1. The van der Waals surface area contributed by atoms with Crippen molar-refractivity contribution in [1.82, 2.24) is 10.6 Å². The Labute approximate surface area is 169 Å². The number of ether oxygens (including phenoxy) is 1. The van der Waals surface area contributed by atoms with Crippen molar-refractivity contribution in [3.63, 3.8) is 0 Å². The third kappa shape index (κ3) is 4.84. The SMILES string of the molecule is CC[C@H]1NC(=O)N(c2cccc(NC(=O)NCCc3ccc(OC)cc3)c2)C1=O. The molecule has 0 unspecified atom stereocenters. The molecule has 3 N–H and O–H groups in total. The molecule has 0 radical (unpaired) electrons. The maximum Gasteiger partial charge on any atom is 0.329 e. The molecule has 3 rings (SSSR count). The molecule has 8 nitrogen and oxygen atoms in total. The molecule has 2 aromatic rings. The van der Waals surface area contributed by atoms with Crippen LogP contribution in [0.2, 0.25) is 0 Å². The van der Waals surface area contributed by atoms with Gasteiger partial charge in [-0.05, 0) is 48.7 Å². The molecule has 29 heavy (non-hydrogen) atoms. The van der Waals surface area contributed by atoms with Crippen molar-refractivity contribution < 1.29 is 19.1 Å². The minimum atomic E-state index is -0.514. The maximum absolute atomic E-state index is 12.3. The van der Waals surface area contributed by atoms with Crippen LogP contribution in [0.4, 0.5) is 21.0 Å². The van der Waals surface area contributed by atoms with E-state index in [-0.39, 0.29) is 11.9 Å². The summed E-state index contributed by atoms with van der Waals surface area (Å²) in [6, 6.07) is 12.9. The molecule has 1 saturated heterocycles. The maximum atomic E-state index is 12.3. The van der Waals surface area contributed by atoms with Crippen molar-refractivity contribution >= 4 is 29.3 Å². The van der Waals surface area contributed by atoms with Crippen LogP contribution in [-0.2, 0) is 11.2 Å². The summed E-state index contributed by atoms with van der Waals surface area (Å²) in [6.45, 7) is 2.30. The van der Waals surface area contributed by atoms with Crippen molar-refractivity contribution in [2.24, 2.45) is 0 Å². The number of hydrogen-bond acceptors (Lipinski definition) is 4. The van der Waals surface area contributed by atoms with E-state index in [1.165, 1.54) is 0 Å². The van der Waals surface area contributed by atoms with Crippen LogP contribution in [0.25, 0.3) is 0 Å². The van der Waals surface area contributed by atoms with Gasteiger partial charge in [-0.25, -0.2) is 14.5 Å². The molecule has 2 aromatic carbocycles. The van der Waals surface area contributed by atoms with Gasteiger partial charge in [0.2, 0.25) is 0 Å². The largest absolute Gasteiger partial charge is 0.497 e. The summed E-state index contributed by atoms with van der Waals surface area (Å²) in [4.78, 5) is 37.7. The highest BCUT2D eigenvalue weighted by Crippen LogP contribution is 2.23. The number of carbonyl (C=O) groups is 3. The molecule has 1 heterocycles. The van der Waals surface area contributed by atoms with Gasteiger partial charge in [0.15, 0.2) is 0 Å². The topological polar surface area (TPSA) is 99.8 Å². The number of anilines is 2. The highest BCUT2D eigenvalue weighted by molar-refractivity contribution is 6.21. The smallest absolute Gasteiger partial charge is 0.329 e. The minimum Gasteiger partial charge on any atom is -0.497 e. The van der Waals surface area contributed by atoms with Crippen LogP contribution in [0.3, 0.4) is 0 Å². The molecule has 5 amide bonds. The highest BCUT2D eigenvalue weighted by atomic mass is 16.5. The summed E-state index contributed by atoms with van der Waals surface area (Å²) in [6.07, 6.45) is 1.20. The van der Waals surface area contributed by atoms with Gasteiger partial charge in [-0.3, -0.25) is 4.79 Å². The normalized spacial score (nSPS) is 15.8. The van der Waals surface area contributed by atoms with Crippen LogP contribution in [0.5, 0.6) is 5.75 Å². The van der Waals surface area contributed by atoms with Crippen LogP contribution in [0.1, 0.15) is 18.9 Å². The fourth-order valence-corrected chi connectivity index (χ4v) is 3.06. The molecule has 1 aliphatic rings. The molecule has 1 atom stereocenters. The van der Waals surface area contributed by atoms with Gasteiger partial charge >= 0.3 is 12.1 Å². The van der Waals surface area contributed by atoms with E-state index in [4.69, 9.17) is 4.74 Å². The number of benzene rings is 2. The molecule has 152 valence electrons. The van der Waals surface area contributed by atoms with Crippen LogP contribution < -0.4 is 25.6 Å². The number of carbonyl (C=O) groups excluding carboxylic acids is 3. The first-order valence-corrected chi connectivity index (χ1v) is 9.44. The molecule has 0 bridgehead atoms. The first-order valence-electron chi connectivity index (χ1n) is 9.44. The van der Waals surface area contributed by atoms with E-state index in [0.29, 0.717) is 30.8 Å². The van der Waals surface area contributed by atoms with Crippen LogP contribution in [0, 0.1) is 0 Å². The Morgan fingerprint density at radius 3 is 2.59 bits per heavy atom. The zero-order valence-electron chi connectivity index (χ0n) is 16.4. The zero-order valence-corrected chi connectivity index (χ0v) is 16.4. The van der Waals surface area contributed by atoms with E-state index in [0.717, 1.165) is 16.2 Å². The Morgan fingerprint density at radius 1 is 1.17 bits per heavy atom. The van der Waals surface area contributed by atoms with E-state index in [1.54, 1.807) is 31.4 Å². The molecular weight excluding hydrogens is 372 g/mol. The Balaban J connectivity index is 1.55. The highest BCUT2D eigenvalue weighted by Gasteiger charge is 2.37. The van der Waals surface area contributed by atoms with E-state index in [2.05, 4.69) is 16.0 Å². The number of urea groups is 2. The number of hydrogen-bond donors (Lipinski definition) is 3. The quantitative estimate of drug-likeness (QED) is 0.627. The van der Waals surface area contributed by atoms with Gasteiger partial charge in [-0.1, -0.05) is 25.1 Å². The Hall–Kier alpha value is -3.55. The van der Waals surface area contributed by atoms with Crippen molar-refractivity contribution in [3.05, 3.63) is 54.1 Å². The number of nitrogens with zero attached hydrogens (tertiary/aromatic N) is 1. The Kier molecular flexibility index (Phi) is 6.33. The standard InChI is InChI=1S/C21H24N4O4/c1-3-18-19(26)25(21(28)24-18)16-6-4-5-15(13-16)23-20(27)22-12-11-14-7-9-17(29-2)10-8-14/h4-10,13,18H,3,11-12H2,1-2H3,(H,24,28)(H2,22,23,27)/t18-/m1/s1. The lowest BCUT2D eigenvalue weighted by Gasteiger charge is -2.15. The second kappa shape index (κ2) is 9.09. The van der Waals surface area contributed by atoms with Crippen molar-refractivity contribution in [1.29, 1.82) is 0 Å². The molecule has 1 fully saturated rings. The second-order valence-electron chi connectivity index (χ2n) is 6.61. The summed E-state index contributed by atoms with van der Waals surface area (Å²) in [5, 5.41) is 8.16. The predicted octanol–water partition coefficient (Wildman–Crippen LogP) is 2.89. The summed E-state index contributed by atoms with van der Waals surface area (Å²) in [7, 11) is 1.62. The first kappa shape index (κ1) is 20.2. The van der Waals surface area contributed by atoms with Crippen molar-refractivity contribution in [3.8, 4) is 5.75 Å². The number of methoxy groups -OCH3 is 1. The zero-order chi connectivity index (χ0) is 20.8. The molecule has 0 aromatic heterocycles. The lowest BCUT2D eigenvalue weighted by Crippen LogP contribution is -2.32. The lowest BCUT2D eigenvalue weighted by molar-refractivity contribution is -0.118. The van der Waals surface area contributed by atoms with Gasteiger partial charge < -0.3 is 20.7 Å². The molecular formula is C21H24N4O4. The summed E-state index contributed by atoms with van der Waals surface area (Å²) in [5.41, 5.74) is 1.99. The van der Waals surface area contributed by atoms with Gasteiger partial charge in [-0.15, -0.1) is 0 Å². The average Bonchev–Trinajstić information content (AvgIpc) is 3.02.